The van der Waals surface area contributed by atoms with E-state index in [0.717, 1.165) is 56.4 Å². The van der Waals surface area contributed by atoms with Crippen molar-refractivity contribution in [2.75, 3.05) is 23.0 Å². The van der Waals surface area contributed by atoms with Crippen LogP contribution < -0.4 is 22.9 Å². The van der Waals surface area contributed by atoms with Crippen molar-refractivity contribution in [3.05, 3.63) is 81.9 Å². The average Bonchev–Trinajstić information content (AvgIpc) is 2.98. The number of rotatable bonds is 16. The lowest BCUT2D eigenvalue weighted by atomic mass is 9.85. The van der Waals surface area contributed by atoms with E-state index >= 15 is 0 Å². The summed E-state index contributed by atoms with van der Waals surface area (Å²) in [5.41, 5.74) is 29.9. The Bertz CT molecular complexity index is 1550. The van der Waals surface area contributed by atoms with Gasteiger partial charge in [0.1, 0.15) is 0 Å². The Labute approximate surface area is 294 Å². The number of anilines is 2. The highest BCUT2D eigenvalue weighted by molar-refractivity contribution is 7.99. The summed E-state index contributed by atoms with van der Waals surface area (Å²) < 4.78 is 0. The molecule has 258 valence electrons. The van der Waals surface area contributed by atoms with Gasteiger partial charge in [0.15, 0.2) is 11.6 Å². The monoisotopic (exact) mass is 688 g/mol. The Morgan fingerprint density at radius 2 is 1.02 bits per heavy atom. The number of ketones is 2. The standard InChI is InChI=1S/C38H52N6O2S2/c1-37(2,3)27-17-25(35(29(39)21-27)47-14-8-12-33(41)42)19-31(45)23-10-7-11-24(16-23)32(46)20-26-18-28(38(4,5)6)22-30(40)36(26)48-15-9-13-34(43)44/h7,10-11,16-18,21-22H,8-9,12-15,19-20,39-40H2,1-6H3,(H3,41,42)(H3,43,44). The van der Waals surface area contributed by atoms with E-state index in [2.05, 4.69) is 53.7 Å². The first kappa shape index (κ1) is 38.7. The van der Waals surface area contributed by atoms with Crippen molar-refractivity contribution in [3.8, 4) is 0 Å². The third kappa shape index (κ3) is 11.2. The van der Waals surface area contributed by atoms with Gasteiger partial charge >= 0.3 is 0 Å². The van der Waals surface area contributed by atoms with Crippen LogP contribution in [0.25, 0.3) is 0 Å². The van der Waals surface area contributed by atoms with Crippen LogP contribution in [0.4, 0.5) is 11.4 Å². The zero-order valence-electron chi connectivity index (χ0n) is 29.2. The number of thioether (sulfide) groups is 2. The van der Waals surface area contributed by atoms with Crippen molar-refractivity contribution >= 4 is 58.1 Å². The smallest absolute Gasteiger partial charge is 0.167 e. The zero-order valence-corrected chi connectivity index (χ0v) is 30.9. The molecule has 0 heterocycles. The van der Waals surface area contributed by atoms with Crippen molar-refractivity contribution in [1.82, 2.24) is 0 Å². The fourth-order valence-electron chi connectivity index (χ4n) is 5.20. The van der Waals surface area contributed by atoms with Crippen molar-refractivity contribution in [2.45, 2.75) is 101 Å². The SMILES string of the molecule is CC(C)(C)c1cc(N)c(SCCCC(=N)N)c(CC(=O)c2cccc(C(=O)Cc3cc(C(C)(C)C)cc(N)c3SCCCC(=N)N)c2)c1. The minimum atomic E-state index is -0.158. The lowest BCUT2D eigenvalue weighted by molar-refractivity contribution is 0.0991. The lowest BCUT2D eigenvalue weighted by Crippen LogP contribution is -2.15. The third-order valence-corrected chi connectivity index (χ3v) is 10.6. The zero-order chi connectivity index (χ0) is 35.8. The normalized spacial score (nSPS) is 11.8. The Kier molecular flexibility index (Phi) is 13.4. The summed E-state index contributed by atoms with van der Waals surface area (Å²) in [6.45, 7) is 12.7. The molecule has 10 N–H and O–H groups in total. The summed E-state index contributed by atoms with van der Waals surface area (Å²) in [5, 5.41) is 15.0. The number of amidine groups is 2. The second-order valence-electron chi connectivity index (χ2n) is 14.3. The fraction of sp³-hybridized carbons (Fsp3) is 0.421. The van der Waals surface area contributed by atoms with Crippen LogP contribution in [-0.4, -0.2) is 34.7 Å². The van der Waals surface area contributed by atoms with Crippen molar-refractivity contribution in [3.63, 3.8) is 0 Å². The molecular weight excluding hydrogens is 637 g/mol. The Hall–Kier alpha value is -3.76. The minimum Gasteiger partial charge on any atom is -0.398 e. The molecule has 0 bridgehead atoms. The summed E-state index contributed by atoms with van der Waals surface area (Å²) in [6.07, 6.45) is 2.78. The molecule has 10 heteroatoms. The molecule has 0 atom stereocenters. The molecule has 0 radical (unpaired) electrons. The summed E-state index contributed by atoms with van der Waals surface area (Å²) in [6, 6.07) is 15.1. The van der Waals surface area contributed by atoms with Crippen LogP contribution in [0.5, 0.6) is 0 Å². The number of hydrogen-bond donors (Lipinski definition) is 6. The largest absolute Gasteiger partial charge is 0.398 e. The van der Waals surface area contributed by atoms with Gasteiger partial charge in [-0.3, -0.25) is 20.4 Å². The van der Waals surface area contributed by atoms with Gasteiger partial charge in [0.05, 0.1) is 11.7 Å². The lowest BCUT2D eigenvalue weighted by Gasteiger charge is -2.23. The molecule has 0 saturated carbocycles. The van der Waals surface area contributed by atoms with E-state index in [0.29, 0.717) is 35.3 Å². The molecule has 0 aromatic heterocycles. The van der Waals surface area contributed by atoms with E-state index in [-0.39, 0.29) is 46.9 Å². The maximum atomic E-state index is 13.8. The molecule has 0 saturated heterocycles. The maximum Gasteiger partial charge on any atom is 0.167 e. The third-order valence-electron chi connectivity index (χ3n) is 8.00. The van der Waals surface area contributed by atoms with E-state index in [1.165, 1.54) is 0 Å². The molecule has 0 unspecified atom stereocenters. The van der Waals surface area contributed by atoms with Crippen molar-refractivity contribution < 1.29 is 9.59 Å². The first-order chi connectivity index (χ1) is 22.4. The number of hydrogen-bond acceptors (Lipinski definition) is 8. The molecule has 48 heavy (non-hydrogen) atoms. The molecule has 0 aliphatic rings. The summed E-state index contributed by atoms with van der Waals surface area (Å²) in [5.74, 6) is 1.56. The van der Waals surface area contributed by atoms with Crippen LogP contribution >= 0.6 is 23.5 Å². The van der Waals surface area contributed by atoms with E-state index in [4.69, 9.17) is 33.8 Å². The predicted molar refractivity (Wildman–Crippen MR) is 205 cm³/mol. The van der Waals surface area contributed by atoms with Crippen molar-refractivity contribution in [2.24, 2.45) is 11.5 Å². The summed E-state index contributed by atoms with van der Waals surface area (Å²) >= 11 is 3.16. The van der Waals surface area contributed by atoms with Crippen LogP contribution in [0.3, 0.4) is 0 Å². The molecule has 0 spiro atoms. The van der Waals surface area contributed by atoms with Gasteiger partial charge in [-0.15, -0.1) is 23.5 Å². The number of Topliss-reactive ketones (excluding diaryl/α,β-unsaturated/α-hetero) is 2. The Morgan fingerprint density at radius 1 is 0.646 bits per heavy atom. The first-order valence-corrected chi connectivity index (χ1v) is 18.3. The van der Waals surface area contributed by atoms with Crippen LogP contribution in [-0.2, 0) is 23.7 Å². The fourth-order valence-corrected chi connectivity index (χ4v) is 7.27. The van der Waals surface area contributed by atoms with Gasteiger partial charge in [-0.2, -0.15) is 0 Å². The predicted octanol–water partition coefficient (Wildman–Crippen LogP) is 7.91. The van der Waals surface area contributed by atoms with E-state index in [9.17, 15) is 9.59 Å². The maximum absolute atomic E-state index is 13.8. The van der Waals surface area contributed by atoms with Crippen LogP contribution in [0, 0.1) is 10.8 Å². The summed E-state index contributed by atoms with van der Waals surface area (Å²) in [4.78, 5) is 29.3. The van der Waals surface area contributed by atoms with Crippen molar-refractivity contribution in [1.29, 1.82) is 10.8 Å². The van der Waals surface area contributed by atoms with Crippen LogP contribution in [0.15, 0.2) is 58.3 Å². The van der Waals surface area contributed by atoms with Crippen LogP contribution in [0.2, 0.25) is 0 Å². The van der Waals surface area contributed by atoms with Gasteiger partial charge < -0.3 is 22.9 Å². The van der Waals surface area contributed by atoms with Crippen LogP contribution in [0.1, 0.15) is 110 Å². The topological polar surface area (TPSA) is 186 Å². The molecule has 3 aromatic rings. The number of carbonyl (C=O) groups excluding carboxylic acids is 2. The second-order valence-corrected chi connectivity index (χ2v) is 16.6. The van der Waals surface area contributed by atoms with Gasteiger partial charge in [-0.05, 0) is 75.6 Å². The average molecular weight is 689 g/mol. The highest BCUT2D eigenvalue weighted by atomic mass is 32.2. The number of nitrogen functional groups attached to an aromatic ring is 2. The van der Waals surface area contributed by atoms with Gasteiger partial charge in [0.2, 0.25) is 0 Å². The highest BCUT2D eigenvalue weighted by Gasteiger charge is 2.23. The number of nitrogens with one attached hydrogen (secondary N) is 2. The second kappa shape index (κ2) is 16.6. The molecule has 0 aliphatic carbocycles. The van der Waals surface area contributed by atoms with Gasteiger partial charge in [-0.1, -0.05) is 71.9 Å². The van der Waals surface area contributed by atoms with E-state index in [1.807, 2.05) is 12.1 Å². The van der Waals surface area contributed by atoms with Gasteiger partial charge in [-0.25, -0.2) is 0 Å². The van der Waals surface area contributed by atoms with Gasteiger partial charge in [0, 0.05) is 58.0 Å². The molecule has 0 amide bonds. The molecular formula is C38H52N6O2S2. The highest BCUT2D eigenvalue weighted by Crippen LogP contribution is 2.37. The molecule has 0 fully saturated rings. The molecule has 0 aliphatic heterocycles. The first-order valence-electron chi connectivity index (χ1n) is 16.3. The quantitative estimate of drug-likeness (QED) is 0.0219. The summed E-state index contributed by atoms with van der Waals surface area (Å²) in [7, 11) is 0. The van der Waals surface area contributed by atoms with E-state index in [1.54, 1.807) is 47.8 Å². The Balaban J connectivity index is 1.90. The molecule has 8 nitrogen and oxygen atoms in total. The number of carbonyl (C=O) groups is 2. The minimum absolute atomic E-state index is 0.0959. The number of nitrogens with two attached hydrogens (primary N) is 4. The number of benzene rings is 3. The molecule has 3 aromatic carbocycles. The van der Waals surface area contributed by atoms with Gasteiger partial charge in [0.25, 0.3) is 0 Å². The molecule has 3 rings (SSSR count). The Morgan fingerprint density at radius 3 is 1.35 bits per heavy atom. The van der Waals surface area contributed by atoms with E-state index < -0.39 is 0 Å².